The number of hydrogen-bond donors (Lipinski definition) is 0. The molecule has 1 aliphatic rings. The standard InChI is InChI=1S/C17H16BrN3O3S/c1-10-7-14(24-20-10)16(22)21(9-12-3-2-6-23-12)17-19-13-5-4-11(18)8-15(13)25-17/h4-5,7-8,12H,2-3,6,9H2,1H3. The number of amides is 1. The van der Waals surface area contributed by atoms with Gasteiger partial charge in [0.15, 0.2) is 5.13 Å². The Hall–Kier alpha value is -1.77. The van der Waals surface area contributed by atoms with Crippen LogP contribution in [-0.2, 0) is 4.74 Å². The lowest BCUT2D eigenvalue weighted by molar-refractivity contribution is 0.0887. The van der Waals surface area contributed by atoms with Gasteiger partial charge in [-0.1, -0.05) is 32.4 Å². The molecule has 1 aliphatic heterocycles. The van der Waals surface area contributed by atoms with E-state index in [9.17, 15) is 4.79 Å². The van der Waals surface area contributed by atoms with E-state index in [2.05, 4.69) is 26.1 Å². The molecule has 6 nitrogen and oxygen atoms in total. The average Bonchev–Trinajstić information content (AvgIpc) is 3.31. The summed E-state index contributed by atoms with van der Waals surface area (Å²) in [4.78, 5) is 19.3. The molecule has 1 aromatic carbocycles. The number of carbonyl (C=O) groups excluding carboxylic acids is 1. The van der Waals surface area contributed by atoms with Gasteiger partial charge >= 0.3 is 0 Å². The number of hydrogen-bond acceptors (Lipinski definition) is 6. The number of carbonyl (C=O) groups is 1. The fraction of sp³-hybridized carbons (Fsp3) is 0.353. The molecule has 1 saturated heterocycles. The van der Waals surface area contributed by atoms with E-state index in [1.807, 2.05) is 18.2 Å². The Balaban J connectivity index is 1.70. The number of halogens is 1. The van der Waals surface area contributed by atoms with Crippen LogP contribution in [0.3, 0.4) is 0 Å². The van der Waals surface area contributed by atoms with Crippen molar-refractivity contribution in [1.82, 2.24) is 10.1 Å². The number of fused-ring (bicyclic) bond motifs is 1. The molecular weight excluding hydrogens is 406 g/mol. The van der Waals surface area contributed by atoms with Crippen molar-refractivity contribution in [2.45, 2.75) is 25.9 Å². The zero-order chi connectivity index (χ0) is 17.4. The van der Waals surface area contributed by atoms with Crippen molar-refractivity contribution >= 4 is 48.5 Å². The summed E-state index contributed by atoms with van der Waals surface area (Å²) in [7, 11) is 0. The third kappa shape index (κ3) is 3.47. The van der Waals surface area contributed by atoms with Gasteiger partial charge in [-0.2, -0.15) is 0 Å². The maximum absolute atomic E-state index is 13.0. The molecular formula is C17H16BrN3O3S. The van der Waals surface area contributed by atoms with E-state index in [1.54, 1.807) is 17.9 Å². The van der Waals surface area contributed by atoms with Crippen molar-refractivity contribution < 1.29 is 14.1 Å². The summed E-state index contributed by atoms with van der Waals surface area (Å²) in [6.45, 7) is 2.99. The highest BCUT2D eigenvalue weighted by atomic mass is 79.9. The third-order valence-corrected chi connectivity index (χ3v) is 5.60. The number of nitrogens with zero attached hydrogens (tertiary/aromatic N) is 3. The van der Waals surface area contributed by atoms with E-state index in [0.29, 0.717) is 17.4 Å². The molecule has 0 N–H and O–H groups in total. The van der Waals surface area contributed by atoms with E-state index in [1.165, 1.54) is 11.3 Å². The van der Waals surface area contributed by atoms with E-state index >= 15 is 0 Å². The summed E-state index contributed by atoms with van der Waals surface area (Å²) < 4.78 is 12.9. The van der Waals surface area contributed by atoms with Crippen molar-refractivity contribution in [3.63, 3.8) is 0 Å². The average molecular weight is 422 g/mol. The van der Waals surface area contributed by atoms with Crippen LogP contribution in [0.2, 0.25) is 0 Å². The van der Waals surface area contributed by atoms with Gasteiger partial charge < -0.3 is 9.26 Å². The summed E-state index contributed by atoms with van der Waals surface area (Å²) in [5.74, 6) is -0.0230. The summed E-state index contributed by atoms with van der Waals surface area (Å²) in [6, 6.07) is 7.53. The second-order valence-corrected chi connectivity index (χ2v) is 7.92. The zero-order valence-corrected chi connectivity index (χ0v) is 16.0. The normalized spacial score (nSPS) is 17.3. The maximum atomic E-state index is 13.0. The van der Waals surface area contributed by atoms with Crippen LogP contribution in [-0.4, -0.2) is 35.3 Å². The van der Waals surface area contributed by atoms with Gasteiger partial charge in [-0.25, -0.2) is 4.98 Å². The van der Waals surface area contributed by atoms with Crippen LogP contribution in [0.25, 0.3) is 10.2 Å². The van der Waals surface area contributed by atoms with Gasteiger partial charge in [-0.05, 0) is 38.0 Å². The van der Waals surface area contributed by atoms with Crippen molar-refractivity contribution in [2.75, 3.05) is 18.1 Å². The summed E-state index contributed by atoms with van der Waals surface area (Å²) in [5, 5.41) is 4.46. The van der Waals surface area contributed by atoms with Crippen LogP contribution >= 0.6 is 27.3 Å². The van der Waals surface area contributed by atoms with Crippen molar-refractivity contribution in [3.8, 4) is 0 Å². The van der Waals surface area contributed by atoms with Crippen LogP contribution in [0.5, 0.6) is 0 Å². The molecule has 130 valence electrons. The van der Waals surface area contributed by atoms with Gasteiger partial charge in [0.2, 0.25) is 5.76 Å². The molecule has 1 fully saturated rings. The Morgan fingerprint density at radius 2 is 2.32 bits per heavy atom. The molecule has 0 radical (unpaired) electrons. The molecule has 8 heteroatoms. The quantitative estimate of drug-likeness (QED) is 0.631. The minimum absolute atomic E-state index is 0.0201. The van der Waals surface area contributed by atoms with Gasteiger partial charge in [-0.15, -0.1) is 0 Å². The van der Waals surface area contributed by atoms with Crippen LogP contribution in [0.15, 0.2) is 33.3 Å². The van der Waals surface area contributed by atoms with Crippen LogP contribution in [0.1, 0.15) is 29.1 Å². The second-order valence-electron chi connectivity index (χ2n) is 5.99. The molecule has 4 rings (SSSR count). The predicted molar refractivity (Wildman–Crippen MR) is 99.2 cm³/mol. The smallest absolute Gasteiger partial charge is 0.298 e. The minimum atomic E-state index is -0.241. The number of thiazole rings is 1. The summed E-state index contributed by atoms with van der Waals surface area (Å²) >= 11 is 4.95. The van der Waals surface area contributed by atoms with Crippen LogP contribution < -0.4 is 4.90 Å². The lowest BCUT2D eigenvalue weighted by atomic mass is 10.2. The molecule has 3 heterocycles. The second kappa shape index (κ2) is 6.86. The SMILES string of the molecule is Cc1cc(C(=O)N(CC2CCCO2)c2nc3ccc(Br)cc3s2)on1. The Morgan fingerprint density at radius 3 is 3.04 bits per heavy atom. The molecule has 1 unspecified atom stereocenters. The lowest BCUT2D eigenvalue weighted by Gasteiger charge is -2.21. The van der Waals surface area contributed by atoms with Crippen molar-refractivity contribution in [2.24, 2.45) is 0 Å². The first-order valence-corrected chi connectivity index (χ1v) is 9.64. The van der Waals surface area contributed by atoms with Gasteiger partial charge in [0.05, 0.1) is 28.6 Å². The molecule has 25 heavy (non-hydrogen) atoms. The molecule has 2 aromatic heterocycles. The van der Waals surface area contributed by atoms with Gasteiger partial charge in [0, 0.05) is 17.1 Å². The largest absolute Gasteiger partial charge is 0.376 e. The Labute approximate surface area is 156 Å². The number of rotatable bonds is 4. The first-order chi connectivity index (χ1) is 12.1. The topological polar surface area (TPSA) is 68.5 Å². The lowest BCUT2D eigenvalue weighted by Crippen LogP contribution is -2.37. The van der Waals surface area contributed by atoms with E-state index in [4.69, 9.17) is 9.26 Å². The van der Waals surface area contributed by atoms with Crippen molar-refractivity contribution in [1.29, 1.82) is 0 Å². The van der Waals surface area contributed by atoms with Gasteiger partial charge in [0.25, 0.3) is 5.91 Å². The molecule has 0 aliphatic carbocycles. The fourth-order valence-corrected chi connectivity index (χ4v) is 4.36. The van der Waals surface area contributed by atoms with E-state index in [-0.39, 0.29) is 17.8 Å². The number of benzene rings is 1. The maximum Gasteiger partial charge on any atom is 0.298 e. The Morgan fingerprint density at radius 1 is 1.44 bits per heavy atom. The minimum Gasteiger partial charge on any atom is -0.376 e. The molecule has 3 aromatic rings. The predicted octanol–water partition coefficient (Wildman–Crippen LogP) is 4.18. The van der Waals surface area contributed by atoms with E-state index in [0.717, 1.165) is 34.1 Å². The van der Waals surface area contributed by atoms with Gasteiger partial charge in [0.1, 0.15) is 0 Å². The number of anilines is 1. The molecule has 1 atom stereocenters. The third-order valence-electron chi connectivity index (χ3n) is 4.06. The highest BCUT2D eigenvalue weighted by Gasteiger charge is 2.29. The summed E-state index contributed by atoms with van der Waals surface area (Å²) in [5.41, 5.74) is 1.54. The number of aryl methyl sites for hydroxylation is 1. The summed E-state index contributed by atoms with van der Waals surface area (Å²) in [6.07, 6.45) is 1.98. The molecule has 0 bridgehead atoms. The highest BCUT2D eigenvalue weighted by molar-refractivity contribution is 9.10. The monoisotopic (exact) mass is 421 g/mol. The Kier molecular flexibility index (Phi) is 4.58. The van der Waals surface area contributed by atoms with Crippen LogP contribution in [0, 0.1) is 6.92 Å². The highest BCUT2D eigenvalue weighted by Crippen LogP contribution is 2.32. The first-order valence-electron chi connectivity index (χ1n) is 8.03. The fourth-order valence-electron chi connectivity index (χ4n) is 2.84. The first kappa shape index (κ1) is 16.7. The van der Waals surface area contributed by atoms with Crippen molar-refractivity contribution in [3.05, 3.63) is 40.2 Å². The van der Waals surface area contributed by atoms with Crippen LogP contribution in [0.4, 0.5) is 5.13 Å². The van der Waals surface area contributed by atoms with Gasteiger partial charge in [-0.3, -0.25) is 9.69 Å². The molecule has 1 amide bonds. The molecule has 0 spiro atoms. The zero-order valence-electron chi connectivity index (χ0n) is 13.6. The van der Waals surface area contributed by atoms with E-state index < -0.39 is 0 Å². The number of aromatic nitrogens is 2. The molecule has 0 saturated carbocycles. The Bertz CT molecular complexity index is 917. The number of ether oxygens (including phenoxy) is 1.